The molecule has 6 nitrogen and oxygen atoms in total. The minimum atomic E-state index is -1.05. The fourth-order valence-electron chi connectivity index (χ4n) is 4.83. The predicted molar refractivity (Wildman–Crippen MR) is 154 cm³/mol. The lowest BCUT2D eigenvalue weighted by Crippen LogP contribution is -2.11. The van der Waals surface area contributed by atoms with Gasteiger partial charge in [0.1, 0.15) is 18.1 Å². The SMILES string of the molecule is O=C(O)COc1ccc2cc(-c3ccc4c(c3)OCO4)c(OCc3ccccc3)cc2c1Cc1ccccc1Cl. The van der Waals surface area contributed by atoms with Gasteiger partial charge in [0.05, 0.1) is 0 Å². The molecule has 6 rings (SSSR count). The highest BCUT2D eigenvalue weighted by Gasteiger charge is 2.19. The third kappa shape index (κ3) is 5.40. The van der Waals surface area contributed by atoms with Crippen LogP contribution in [0.3, 0.4) is 0 Å². The number of aliphatic carboxylic acids is 1. The maximum absolute atomic E-state index is 11.3. The van der Waals surface area contributed by atoms with Crippen LogP contribution in [-0.4, -0.2) is 24.5 Å². The smallest absolute Gasteiger partial charge is 0.341 e. The summed E-state index contributed by atoms with van der Waals surface area (Å²) in [6, 6.07) is 31.2. The molecular weight excluding hydrogens is 528 g/mol. The topological polar surface area (TPSA) is 74.2 Å². The minimum Gasteiger partial charge on any atom is -0.488 e. The first kappa shape index (κ1) is 25.6. The van der Waals surface area contributed by atoms with Crippen molar-refractivity contribution in [1.29, 1.82) is 0 Å². The summed E-state index contributed by atoms with van der Waals surface area (Å²) in [5, 5.41) is 11.7. The van der Waals surface area contributed by atoms with Gasteiger partial charge < -0.3 is 24.1 Å². The minimum absolute atomic E-state index is 0.193. The predicted octanol–water partition coefficient (Wildman–Crippen LogP) is 7.52. The van der Waals surface area contributed by atoms with E-state index in [0.717, 1.165) is 38.6 Å². The Morgan fingerprint density at radius 2 is 1.62 bits per heavy atom. The van der Waals surface area contributed by atoms with E-state index in [1.165, 1.54) is 0 Å². The number of ether oxygens (including phenoxy) is 4. The summed E-state index contributed by atoms with van der Waals surface area (Å²) in [5.41, 5.74) is 4.59. The van der Waals surface area contributed by atoms with Gasteiger partial charge in [-0.3, -0.25) is 0 Å². The average molecular weight is 553 g/mol. The zero-order valence-electron chi connectivity index (χ0n) is 21.4. The van der Waals surface area contributed by atoms with E-state index in [2.05, 4.69) is 6.07 Å². The Hall–Kier alpha value is -4.68. The molecular formula is C33H25ClO6. The summed E-state index contributed by atoms with van der Waals surface area (Å²) in [4.78, 5) is 11.3. The number of fused-ring (bicyclic) bond motifs is 2. The van der Waals surface area contributed by atoms with Gasteiger partial charge in [-0.25, -0.2) is 4.79 Å². The third-order valence-corrected chi connectivity index (χ3v) is 7.15. The molecule has 1 aliphatic rings. The first-order chi connectivity index (χ1) is 19.5. The summed E-state index contributed by atoms with van der Waals surface area (Å²) < 4.78 is 23.3. The van der Waals surface area contributed by atoms with Crippen LogP contribution in [0.15, 0.2) is 97.1 Å². The Morgan fingerprint density at radius 3 is 2.45 bits per heavy atom. The molecule has 5 aromatic rings. The van der Waals surface area contributed by atoms with Crippen molar-refractivity contribution in [2.45, 2.75) is 13.0 Å². The van der Waals surface area contributed by atoms with Crippen LogP contribution in [0.25, 0.3) is 21.9 Å². The second-order valence-corrected chi connectivity index (χ2v) is 9.81. The second-order valence-electron chi connectivity index (χ2n) is 9.40. The standard InChI is InChI=1S/C33H25ClO6/c34-28-9-5-4-8-24(28)15-27-25-17-31(37-18-21-6-2-1-3-7-21)26(23-11-13-30-32(16-23)40-20-39-30)14-22(25)10-12-29(27)38-19-33(35)36/h1-14,16-17H,15,18-20H2,(H,35,36). The molecule has 0 bridgehead atoms. The number of halogens is 1. The zero-order valence-corrected chi connectivity index (χ0v) is 22.2. The highest BCUT2D eigenvalue weighted by molar-refractivity contribution is 6.31. The molecule has 0 atom stereocenters. The van der Waals surface area contributed by atoms with Gasteiger partial charge in [-0.1, -0.05) is 72.3 Å². The Kier molecular flexibility index (Phi) is 7.17. The van der Waals surface area contributed by atoms with Gasteiger partial charge in [-0.15, -0.1) is 0 Å². The molecule has 0 saturated heterocycles. The molecule has 0 amide bonds. The van der Waals surface area contributed by atoms with Crippen LogP contribution in [0, 0.1) is 0 Å². The highest BCUT2D eigenvalue weighted by atomic mass is 35.5. The van der Waals surface area contributed by atoms with E-state index in [0.29, 0.717) is 41.0 Å². The van der Waals surface area contributed by atoms with Crippen molar-refractivity contribution in [3.05, 3.63) is 119 Å². The van der Waals surface area contributed by atoms with Gasteiger partial charge in [0.25, 0.3) is 0 Å². The van der Waals surface area contributed by atoms with Gasteiger partial charge in [0.2, 0.25) is 6.79 Å². The third-order valence-electron chi connectivity index (χ3n) is 6.79. The van der Waals surface area contributed by atoms with E-state index in [1.807, 2.05) is 91.0 Å². The van der Waals surface area contributed by atoms with E-state index in [1.54, 1.807) is 0 Å². The first-order valence-electron chi connectivity index (χ1n) is 12.8. The molecule has 5 aromatic carbocycles. The summed E-state index contributed by atoms with van der Waals surface area (Å²) in [5.74, 6) is 1.50. The number of hydrogen-bond donors (Lipinski definition) is 1. The van der Waals surface area contributed by atoms with Gasteiger partial charge in [-0.05, 0) is 63.9 Å². The molecule has 0 spiro atoms. The molecule has 200 valence electrons. The fraction of sp³-hybridized carbons (Fsp3) is 0.121. The molecule has 1 aliphatic heterocycles. The number of benzene rings is 5. The molecule has 0 aliphatic carbocycles. The van der Waals surface area contributed by atoms with Crippen molar-refractivity contribution in [3.63, 3.8) is 0 Å². The summed E-state index contributed by atoms with van der Waals surface area (Å²) in [6.45, 7) is 0.116. The van der Waals surface area contributed by atoms with Crippen molar-refractivity contribution in [3.8, 4) is 34.1 Å². The van der Waals surface area contributed by atoms with E-state index in [4.69, 9.17) is 30.5 Å². The van der Waals surface area contributed by atoms with E-state index < -0.39 is 12.6 Å². The van der Waals surface area contributed by atoms with Crippen LogP contribution in [0.1, 0.15) is 16.7 Å². The Bertz CT molecular complexity index is 1700. The number of rotatable bonds is 9. The molecule has 0 fully saturated rings. The van der Waals surface area contributed by atoms with Crippen molar-refractivity contribution in [1.82, 2.24) is 0 Å². The maximum atomic E-state index is 11.3. The van der Waals surface area contributed by atoms with E-state index in [-0.39, 0.29) is 6.79 Å². The largest absolute Gasteiger partial charge is 0.488 e. The Morgan fingerprint density at radius 1 is 0.825 bits per heavy atom. The monoisotopic (exact) mass is 552 g/mol. The van der Waals surface area contributed by atoms with E-state index in [9.17, 15) is 9.90 Å². The highest BCUT2D eigenvalue weighted by Crippen LogP contribution is 2.42. The summed E-state index contributed by atoms with van der Waals surface area (Å²) >= 11 is 6.52. The molecule has 0 saturated carbocycles. The quantitative estimate of drug-likeness (QED) is 0.204. The number of carboxylic acid groups (broad SMARTS) is 1. The average Bonchev–Trinajstić information content (AvgIpc) is 3.45. The number of hydrogen-bond acceptors (Lipinski definition) is 5. The molecule has 1 heterocycles. The fourth-order valence-corrected chi connectivity index (χ4v) is 5.03. The van der Waals surface area contributed by atoms with Crippen molar-refractivity contribution < 1.29 is 28.8 Å². The first-order valence-corrected chi connectivity index (χ1v) is 13.2. The van der Waals surface area contributed by atoms with Gasteiger partial charge in [-0.2, -0.15) is 0 Å². The normalized spacial score (nSPS) is 11.9. The van der Waals surface area contributed by atoms with Crippen LogP contribution in [0.4, 0.5) is 0 Å². The lowest BCUT2D eigenvalue weighted by molar-refractivity contribution is -0.139. The molecule has 0 unspecified atom stereocenters. The van der Waals surface area contributed by atoms with Crippen molar-refractivity contribution in [2.24, 2.45) is 0 Å². The summed E-state index contributed by atoms with van der Waals surface area (Å²) in [6.07, 6.45) is 0.452. The van der Waals surface area contributed by atoms with Crippen LogP contribution < -0.4 is 18.9 Å². The lowest BCUT2D eigenvalue weighted by atomic mass is 9.93. The Balaban J connectivity index is 1.50. The molecule has 1 N–H and O–H groups in total. The number of carboxylic acids is 1. The molecule has 0 radical (unpaired) electrons. The maximum Gasteiger partial charge on any atom is 0.341 e. The lowest BCUT2D eigenvalue weighted by Gasteiger charge is -2.18. The van der Waals surface area contributed by atoms with Crippen LogP contribution >= 0.6 is 11.6 Å². The van der Waals surface area contributed by atoms with E-state index >= 15 is 0 Å². The molecule has 0 aromatic heterocycles. The Labute approximate surface area is 236 Å². The number of carbonyl (C=O) groups is 1. The van der Waals surface area contributed by atoms with Gasteiger partial charge in [0.15, 0.2) is 18.1 Å². The van der Waals surface area contributed by atoms with Gasteiger partial charge in [0, 0.05) is 22.6 Å². The van der Waals surface area contributed by atoms with Crippen molar-refractivity contribution >= 4 is 28.3 Å². The van der Waals surface area contributed by atoms with Crippen LogP contribution in [0.2, 0.25) is 5.02 Å². The summed E-state index contributed by atoms with van der Waals surface area (Å²) in [7, 11) is 0. The second kappa shape index (κ2) is 11.2. The van der Waals surface area contributed by atoms with Crippen molar-refractivity contribution in [2.75, 3.05) is 13.4 Å². The van der Waals surface area contributed by atoms with Gasteiger partial charge >= 0.3 is 5.97 Å². The zero-order chi connectivity index (χ0) is 27.5. The van der Waals surface area contributed by atoms with Crippen LogP contribution in [0.5, 0.6) is 23.0 Å². The van der Waals surface area contributed by atoms with Crippen LogP contribution in [-0.2, 0) is 17.8 Å². The molecule has 40 heavy (non-hydrogen) atoms. The molecule has 7 heteroatoms.